The van der Waals surface area contributed by atoms with E-state index in [1.807, 2.05) is 0 Å². The van der Waals surface area contributed by atoms with Crippen LogP contribution in [0.15, 0.2) is 0 Å². The van der Waals surface area contributed by atoms with Crippen molar-refractivity contribution in [1.29, 1.82) is 0 Å². The molecule has 1 aliphatic carbocycles. The predicted molar refractivity (Wildman–Crippen MR) is 51.3 cm³/mol. The van der Waals surface area contributed by atoms with Crippen molar-refractivity contribution in [2.75, 3.05) is 7.11 Å². The maximum absolute atomic E-state index is 5.23. The van der Waals surface area contributed by atoms with Gasteiger partial charge in [0, 0.05) is 19.2 Å². The lowest BCUT2D eigenvalue weighted by atomic mass is 9.88. The van der Waals surface area contributed by atoms with Crippen molar-refractivity contribution in [3.63, 3.8) is 0 Å². The van der Waals surface area contributed by atoms with Crippen LogP contribution in [0.3, 0.4) is 0 Å². The Morgan fingerprint density at radius 1 is 1.33 bits per heavy atom. The van der Waals surface area contributed by atoms with E-state index >= 15 is 0 Å². The van der Waals surface area contributed by atoms with E-state index < -0.39 is 0 Å². The van der Waals surface area contributed by atoms with E-state index in [0.717, 1.165) is 6.04 Å². The average Bonchev–Trinajstić information content (AvgIpc) is 2.03. The van der Waals surface area contributed by atoms with E-state index in [1.165, 1.54) is 25.7 Å². The second-order valence-electron chi connectivity index (χ2n) is 3.71. The van der Waals surface area contributed by atoms with Gasteiger partial charge in [-0.25, -0.2) is 0 Å². The summed E-state index contributed by atoms with van der Waals surface area (Å²) in [7, 11) is 1.80. The van der Waals surface area contributed by atoms with Crippen LogP contribution in [-0.4, -0.2) is 25.3 Å². The smallest absolute Gasteiger partial charge is 0.0601 e. The van der Waals surface area contributed by atoms with E-state index in [2.05, 4.69) is 19.2 Å². The third-order valence-electron chi connectivity index (χ3n) is 2.89. The summed E-state index contributed by atoms with van der Waals surface area (Å²) in [6, 6.07) is 1.44. The second-order valence-corrected chi connectivity index (χ2v) is 3.71. The molecule has 0 bridgehead atoms. The van der Waals surface area contributed by atoms with Gasteiger partial charge in [-0.2, -0.15) is 0 Å². The summed E-state index contributed by atoms with van der Waals surface area (Å²) in [5, 5.41) is 3.64. The normalized spacial score (nSPS) is 29.0. The Hall–Kier alpha value is -0.0800. The van der Waals surface area contributed by atoms with Gasteiger partial charge >= 0.3 is 0 Å². The highest BCUT2D eigenvalue weighted by Crippen LogP contribution is 2.23. The summed E-state index contributed by atoms with van der Waals surface area (Å²) in [5.74, 6) is 0. The van der Waals surface area contributed by atoms with Crippen LogP contribution in [0.4, 0.5) is 0 Å². The molecule has 1 rings (SSSR count). The lowest BCUT2D eigenvalue weighted by Crippen LogP contribution is -2.48. The molecular formula is C10H21NO. The van der Waals surface area contributed by atoms with Crippen molar-refractivity contribution >= 4 is 0 Å². The zero-order valence-corrected chi connectivity index (χ0v) is 8.47. The zero-order chi connectivity index (χ0) is 8.97. The monoisotopic (exact) mass is 171 g/mol. The first-order valence-corrected chi connectivity index (χ1v) is 5.09. The molecule has 0 aromatic rings. The number of ether oxygens (including phenoxy) is 1. The van der Waals surface area contributed by atoms with Gasteiger partial charge in [0.05, 0.1) is 6.10 Å². The Morgan fingerprint density at radius 2 is 1.92 bits per heavy atom. The van der Waals surface area contributed by atoms with Crippen LogP contribution < -0.4 is 5.32 Å². The first kappa shape index (κ1) is 10.0. The molecule has 0 unspecified atom stereocenters. The molecule has 0 aliphatic heterocycles. The third-order valence-corrected chi connectivity index (χ3v) is 2.89. The molecule has 1 fully saturated rings. The van der Waals surface area contributed by atoms with Gasteiger partial charge in [-0.1, -0.05) is 13.8 Å². The number of hydrogen-bond acceptors (Lipinski definition) is 2. The summed E-state index contributed by atoms with van der Waals surface area (Å²) < 4.78 is 5.23. The molecule has 0 atom stereocenters. The average molecular weight is 171 g/mol. The number of nitrogens with one attached hydrogen (secondary N) is 1. The lowest BCUT2D eigenvalue weighted by molar-refractivity contribution is 0.0139. The number of hydrogen-bond donors (Lipinski definition) is 1. The van der Waals surface area contributed by atoms with Crippen LogP contribution in [0, 0.1) is 0 Å². The van der Waals surface area contributed by atoms with Gasteiger partial charge in [-0.3, -0.25) is 0 Å². The Bertz CT molecular complexity index is 117. The van der Waals surface area contributed by atoms with Crippen molar-refractivity contribution < 1.29 is 4.74 Å². The molecule has 1 saturated carbocycles. The summed E-state index contributed by atoms with van der Waals surface area (Å²) >= 11 is 0. The van der Waals surface area contributed by atoms with Crippen LogP contribution in [0.5, 0.6) is 0 Å². The molecule has 0 aromatic carbocycles. The molecule has 0 spiro atoms. The van der Waals surface area contributed by atoms with Crippen LogP contribution in [0.2, 0.25) is 0 Å². The topological polar surface area (TPSA) is 21.3 Å². The van der Waals surface area contributed by atoms with Crippen molar-refractivity contribution in [3.8, 4) is 0 Å². The summed E-state index contributed by atoms with van der Waals surface area (Å²) in [6.45, 7) is 4.49. The zero-order valence-electron chi connectivity index (χ0n) is 8.47. The fraction of sp³-hybridized carbons (Fsp3) is 1.00. The molecule has 0 saturated heterocycles. The number of rotatable bonds is 5. The van der Waals surface area contributed by atoms with Crippen molar-refractivity contribution in [3.05, 3.63) is 0 Å². The summed E-state index contributed by atoms with van der Waals surface area (Å²) in [4.78, 5) is 0. The molecule has 12 heavy (non-hydrogen) atoms. The van der Waals surface area contributed by atoms with E-state index in [0.29, 0.717) is 12.1 Å². The maximum atomic E-state index is 5.23. The highest BCUT2D eigenvalue weighted by molar-refractivity contribution is 4.87. The fourth-order valence-electron chi connectivity index (χ4n) is 1.75. The third kappa shape index (κ3) is 2.46. The first-order chi connectivity index (χ1) is 5.80. The van der Waals surface area contributed by atoms with Crippen LogP contribution >= 0.6 is 0 Å². The highest BCUT2D eigenvalue weighted by Gasteiger charge is 2.29. The van der Waals surface area contributed by atoms with Crippen molar-refractivity contribution in [1.82, 2.24) is 5.32 Å². The molecule has 2 nitrogen and oxygen atoms in total. The SMILES string of the molecule is CCC(CC)NC1CC(OC)C1. The number of methoxy groups -OCH3 is 1. The first-order valence-electron chi connectivity index (χ1n) is 5.09. The minimum atomic E-state index is 0.525. The van der Waals surface area contributed by atoms with Gasteiger partial charge in [0.2, 0.25) is 0 Å². The van der Waals surface area contributed by atoms with Crippen molar-refractivity contribution in [2.24, 2.45) is 0 Å². The van der Waals surface area contributed by atoms with Crippen LogP contribution in [-0.2, 0) is 4.74 Å². The molecule has 1 aliphatic rings. The van der Waals surface area contributed by atoms with E-state index in [1.54, 1.807) is 7.11 Å². The molecule has 0 radical (unpaired) electrons. The van der Waals surface area contributed by atoms with Crippen LogP contribution in [0.25, 0.3) is 0 Å². The summed E-state index contributed by atoms with van der Waals surface area (Å²) in [5.41, 5.74) is 0. The summed E-state index contributed by atoms with van der Waals surface area (Å²) in [6.07, 6.45) is 5.41. The van der Waals surface area contributed by atoms with Gasteiger partial charge in [-0.15, -0.1) is 0 Å². The molecular weight excluding hydrogens is 150 g/mol. The van der Waals surface area contributed by atoms with Crippen LogP contribution in [0.1, 0.15) is 39.5 Å². The van der Waals surface area contributed by atoms with Gasteiger partial charge in [0.1, 0.15) is 0 Å². The molecule has 0 aromatic heterocycles. The molecule has 0 heterocycles. The highest BCUT2D eigenvalue weighted by atomic mass is 16.5. The van der Waals surface area contributed by atoms with E-state index in [-0.39, 0.29) is 0 Å². The van der Waals surface area contributed by atoms with Crippen molar-refractivity contribution in [2.45, 2.75) is 57.7 Å². The molecule has 0 amide bonds. The minimum absolute atomic E-state index is 0.525. The van der Waals surface area contributed by atoms with Gasteiger partial charge in [0.15, 0.2) is 0 Å². The minimum Gasteiger partial charge on any atom is -0.381 e. The van der Waals surface area contributed by atoms with Gasteiger partial charge in [0.25, 0.3) is 0 Å². The maximum Gasteiger partial charge on any atom is 0.0601 e. The fourth-order valence-corrected chi connectivity index (χ4v) is 1.75. The Kier molecular flexibility index (Phi) is 4.02. The molecule has 72 valence electrons. The Balaban J connectivity index is 2.09. The second kappa shape index (κ2) is 4.83. The largest absolute Gasteiger partial charge is 0.381 e. The van der Waals surface area contributed by atoms with Gasteiger partial charge in [-0.05, 0) is 25.7 Å². The molecule has 2 heteroatoms. The van der Waals surface area contributed by atoms with E-state index in [9.17, 15) is 0 Å². The lowest BCUT2D eigenvalue weighted by Gasteiger charge is -2.37. The predicted octanol–water partition coefficient (Wildman–Crippen LogP) is 1.94. The molecule has 1 N–H and O–H groups in total. The Morgan fingerprint density at radius 3 is 2.33 bits per heavy atom. The Labute approximate surface area is 75.7 Å². The van der Waals surface area contributed by atoms with Gasteiger partial charge < -0.3 is 10.1 Å². The standard InChI is InChI=1S/C10H21NO/c1-4-8(5-2)11-9-6-10(7-9)12-3/h8-11H,4-7H2,1-3H3. The van der Waals surface area contributed by atoms with E-state index in [4.69, 9.17) is 4.74 Å². The quantitative estimate of drug-likeness (QED) is 0.682.